The molecule has 3 rings (SSSR count). The van der Waals surface area contributed by atoms with Gasteiger partial charge in [-0.2, -0.15) is 11.8 Å². The van der Waals surface area contributed by atoms with Crippen LogP contribution in [-0.4, -0.2) is 12.9 Å². The summed E-state index contributed by atoms with van der Waals surface area (Å²) in [7, 11) is 1.68. The summed E-state index contributed by atoms with van der Waals surface area (Å²) >= 11 is 8.13. The molecule has 0 saturated heterocycles. The second kappa shape index (κ2) is 6.20. The first-order valence-corrected chi connectivity index (χ1v) is 8.48. The molecule has 4 heteroatoms. The summed E-state index contributed by atoms with van der Waals surface area (Å²) in [4.78, 5) is 0. The number of benzene rings is 2. The highest BCUT2D eigenvalue weighted by Crippen LogP contribution is 2.37. The lowest BCUT2D eigenvalue weighted by molar-refractivity contribution is 0.416. The van der Waals surface area contributed by atoms with E-state index in [9.17, 15) is 0 Å². The van der Waals surface area contributed by atoms with Gasteiger partial charge in [0, 0.05) is 22.6 Å². The Morgan fingerprint density at radius 2 is 2.10 bits per heavy atom. The van der Waals surface area contributed by atoms with E-state index in [0.717, 1.165) is 33.5 Å². The van der Waals surface area contributed by atoms with Gasteiger partial charge in [-0.25, -0.2) is 0 Å². The second-order valence-electron chi connectivity index (χ2n) is 5.21. The van der Waals surface area contributed by atoms with E-state index >= 15 is 0 Å². The van der Waals surface area contributed by atoms with Crippen LogP contribution in [0.25, 0.3) is 0 Å². The van der Waals surface area contributed by atoms with Gasteiger partial charge >= 0.3 is 0 Å². The van der Waals surface area contributed by atoms with Crippen molar-refractivity contribution < 1.29 is 4.74 Å². The zero-order valence-corrected chi connectivity index (χ0v) is 13.7. The summed E-state index contributed by atoms with van der Waals surface area (Å²) < 4.78 is 5.46. The van der Waals surface area contributed by atoms with Crippen LogP contribution in [0, 0.1) is 6.92 Å². The number of anilines is 1. The molecule has 21 heavy (non-hydrogen) atoms. The Morgan fingerprint density at radius 3 is 2.90 bits per heavy atom. The van der Waals surface area contributed by atoms with Crippen LogP contribution in [0.3, 0.4) is 0 Å². The highest BCUT2D eigenvalue weighted by atomic mass is 35.5. The van der Waals surface area contributed by atoms with Crippen molar-refractivity contribution in [3.05, 3.63) is 58.1 Å². The van der Waals surface area contributed by atoms with E-state index in [4.69, 9.17) is 16.3 Å². The van der Waals surface area contributed by atoms with Gasteiger partial charge in [-0.15, -0.1) is 0 Å². The zero-order chi connectivity index (χ0) is 14.8. The molecule has 0 fully saturated rings. The number of hydrogen-bond donors (Lipinski definition) is 1. The van der Waals surface area contributed by atoms with Crippen LogP contribution >= 0.6 is 23.4 Å². The van der Waals surface area contributed by atoms with Gasteiger partial charge in [0.2, 0.25) is 0 Å². The van der Waals surface area contributed by atoms with Crippen LogP contribution in [0.5, 0.6) is 5.75 Å². The molecule has 1 unspecified atom stereocenters. The Kier molecular flexibility index (Phi) is 4.32. The van der Waals surface area contributed by atoms with Gasteiger partial charge in [0.05, 0.1) is 18.8 Å². The average Bonchev–Trinajstić information content (AvgIpc) is 2.51. The van der Waals surface area contributed by atoms with Crippen molar-refractivity contribution in [3.8, 4) is 5.75 Å². The monoisotopic (exact) mass is 319 g/mol. The SMILES string of the molecule is COc1cc(Cl)c(C)cc1NC1CSCc2ccccc21. The van der Waals surface area contributed by atoms with Gasteiger partial charge in [-0.1, -0.05) is 35.9 Å². The van der Waals surface area contributed by atoms with E-state index in [-0.39, 0.29) is 0 Å². The standard InChI is InChI=1S/C17H18ClNOS/c1-11-7-15(17(20-2)8-14(11)18)19-16-10-21-9-12-5-3-4-6-13(12)16/h3-8,16,19H,9-10H2,1-2H3. The van der Waals surface area contributed by atoms with Gasteiger partial charge in [0.1, 0.15) is 5.75 Å². The first-order chi connectivity index (χ1) is 10.2. The normalized spacial score (nSPS) is 17.2. The average molecular weight is 320 g/mol. The summed E-state index contributed by atoms with van der Waals surface area (Å²) in [6.07, 6.45) is 0. The van der Waals surface area contributed by atoms with Crippen molar-refractivity contribution in [2.45, 2.75) is 18.7 Å². The van der Waals surface area contributed by atoms with E-state index in [1.807, 2.05) is 24.8 Å². The number of halogens is 1. The first-order valence-electron chi connectivity index (χ1n) is 6.95. The molecule has 1 heterocycles. The van der Waals surface area contributed by atoms with Crippen molar-refractivity contribution >= 4 is 29.1 Å². The van der Waals surface area contributed by atoms with Crippen LogP contribution in [0.4, 0.5) is 5.69 Å². The summed E-state index contributed by atoms with van der Waals surface area (Å²) in [5.74, 6) is 2.94. The van der Waals surface area contributed by atoms with E-state index in [0.29, 0.717) is 6.04 Å². The smallest absolute Gasteiger partial charge is 0.143 e. The number of ether oxygens (including phenoxy) is 1. The fourth-order valence-electron chi connectivity index (χ4n) is 2.63. The van der Waals surface area contributed by atoms with Crippen molar-refractivity contribution in [1.29, 1.82) is 0 Å². The van der Waals surface area contributed by atoms with Crippen molar-refractivity contribution in [1.82, 2.24) is 0 Å². The van der Waals surface area contributed by atoms with Crippen LogP contribution in [-0.2, 0) is 5.75 Å². The quantitative estimate of drug-likeness (QED) is 0.854. The Morgan fingerprint density at radius 1 is 1.29 bits per heavy atom. The van der Waals surface area contributed by atoms with Crippen LogP contribution in [0.2, 0.25) is 5.02 Å². The molecule has 1 aliphatic heterocycles. The van der Waals surface area contributed by atoms with Crippen LogP contribution < -0.4 is 10.1 Å². The fraction of sp³-hybridized carbons (Fsp3) is 0.294. The number of aryl methyl sites for hydroxylation is 1. The molecule has 0 radical (unpaired) electrons. The topological polar surface area (TPSA) is 21.3 Å². The lowest BCUT2D eigenvalue weighted by Crippen LogP contribution is -2.19. The van der Waals surface area contributed by atoms with E-state index in [1.54, 1.807) is 7.11 Å². The first kappa shape index (κ1) is 14.6. The van der Waals surface area contributed by atoms with Crippen molar-refractivity contribution in [3.63, 3.8) is 0 Å². The summed E-state index contributed by atoms with van der Waals surface area (Å²) in [6, 6.07) is 12.9. The number of hydrogen-bond acceptors (Lipinski definition) is 3. The maximum Gasteiger partial charge on any atom is 0.143 e. The number of nitrogens with one attached hydrogen (secondary N) is 1. The van der Waals surface area contributed by atoms with Gasteiger partial charge in [0.25, 0.3) is 0 Å². The number of rotatable bonds is 3. The van der Waals surface area contributed by atoms with Gasteiger partial charge in [0.15, 0.2) is 0 Å². The number of fused-ring (bicyclic) bond motifs is 1. The molecule has 0 aliphatic carbocycles. The Labute approximate surface area is 134 Å². The van der Waals surface area contributed by atoms with Crippen molar-refractivity contribution in [2.24, 2.45) is 0 Å². The Balaban J connectivity index is 1.93. The highest BCUT2D eigenvalue weighted by molar-refractivity contribution is 7.98. The maximum absolute atomic E-state index is 6.18. The molecule has 2 nitrogen and oxygen atoms in total. The second-order valence-corrected chi connectivity index (χ2v) is 6.65. The fourth-order valence-corrected chi connectivity index (χ4v) is 3.89. The maximum atomic E-state index is 6.18. The van der Waals surface area contributed by atoms with E-state index in [1.165, 1.54) is 11.1 Å². The lowest BCUT2D eigenvalue weighted by atomic mass is 10.0. The van der Waals surface area contributed by atoms with E-state index < -0.39 is 0 Å². The minimum atomic E-state index is 0.300. The molecule has 0 amide bonds. The lowest BCUT2D eigenvalue weighted by Gasteiger charge is -2.27. The molecule has 1 aliphatic rings. The molecule has 0 spiro atoms. The minimum Gasteiger partial charge on any atom is -0.495 e. The highest BCUT2D eigenvalue weighted by Gasteiger charge is 2.21. The Hall–Kier alpha value is -1.32. The molecule has 2 aromatic rings. The minimum absolute atomic E-state index is 0.300. The van der Waals surface area contributed by atoms with Gasteiger partial charge in [-0.3, -0.25) is 0 Å². The van der Waals surface area contributed by atoms with Gasteiger partial charge in [-0.05, 0) is 29.7 Å². The van der Waals surface area contributed by atoms with Crippen LogP contribution in [0.15, 0.2) is 36.4 Å². The summed E-state index contributed by atoms with van der Waals surface area (Å²) in [5.41, 5.74) is 4.85. The molecule has 0 bridgehead atoms. The third kappa shape index (κ3) is 2.99. The van der Waals surface area contributed by atoms with Crippen molar-refractivity contribution in [2.75, 3.05) is 18.2 Å². The van der Waals surface area contributed by atoms with E-state index in [2.05, 4.69) is 35.6 Å². The molecular weight excluding hydrogens is 302 g/mol. The van der Waals surface area contributed by atoms with Gasteiger partial charge < -0.3 is 10.1 Å². The molecule has 110 valence electrons. The molecular formula is C17H18ClNOS. The molecule has 1 atom stereocenters. The molecule has 0 saturated carbocycles. The summed E-state index contributed by atoms with van der Waals surface area (Å²) in [6.45, 7) is 2.01. The number of methoxy groups -OCH3 is 1. The predicted octanol–water partition coefficient (Wildman–Crippen LogP) is 5.06. The third-order valence-electron chi connectivity index (χ3n) is 3.78. The van der Waals surface area contributed by atoms with Crippen LogP contribution in [0.1, 0.15) is 22.7 Å². The molecule has 1 N–H and O–H groups in total. The Bertz CT molecular complexity index is 659. The third-order valence-corrected chi connectivity index (χ3v) is 5.27. The largest absolute Gasteiger partial charge is 0.495 e. The molecule has 2 aromatic carbocycles. The zero-order valence-electron chi connectivity index (χ0n) is 12.2. The summed E-state index contributed by atoms with van der Waals surface area (Å²) in [5, 5.41) is 4.35. The molecule has 0 aromatic heterocycles. The number of thioether (sulfide) groups is 1. The predicted molar refractivity (Wildman–Crippen MR) is 91.7 cm³/mol.